The Morgan fingerprint density at radius 1 is 1.05 bits per heavy atom. The lowest BCUT2D eigenvalue weighted by Gasteiger charge is -2.20. The molecule has 2 aliphatic carbocycles. The van der Waals surface area contributed by atoms with Gasteiger partial charge in [0.15, 0.2) is 5.78 Å². The molecule has 43 heavy (non-hydrogen) atoms. The summed E-state index contributed by atoms with van der Waals surface area (Å²) >= 11 is 0. The lowest BCUT2D eigenvalue weighted by molar-refractivity contribution is -0.128. The molecule has 3 amide bonds. The molecule has 232 valence electrons. The molecule has 9 nitrogen and oxygen atoms in total. The number of ether oxygens (including phenoxy) is 2. The van der Waals surface area contributed by atoms with E-state index in [1.165, 1.54) is 29.5 Å². The minimum Gasteiger partial charge on any atom is -0.497 e. The smallest absolute Gasteiger partial charge is 0.247 e. The van der Waals surface area contributed by atoms with Crippen molar-refractivity contribution in [3.05, 3.63) is 70.8 Å². The number of nitrogens with one attached hydrogen (secondary N) is 3. The Balaban J connectivity index is 0.000000188. The summed E-state index contributed by atoms with van der Waals surface area (Å²) in [6.45, 7) is 7.07. The van der Waals surface area contributed by atoms with Gasteiger partial charge in [0, 0.05) is 18.5 Å². The number of fused-ring (bicyclic) bond motifs is 1. The van der Waals surface area contributed by atoms with Crippen LogP contribution in [0.25, 0.3) is 5.57 Å². The summed E-state index contributed by atoms with van der Waals surface area (Å²) in [5.41, 5.74) is 5.78. The van der Waals surface area contributed by atoms with Gasteiger partial charge < -0.3 is 25.4 Å². The lowest BCUT2D eigenvalue weighted by Crippen LogP contribution is -2.46. The van der Waals surface area contributed by atoms with Gasteiger partial charge in [-0.2, -0.15) is 0 Å². The first kappa shape index (κ1) is 33.5. The topological polar surface area (TPSA) is 126 Å². The van der Waals surface area contributed by atoms with Crippen LogP contribution in [-0.2, 0) is 30.3 Å². The number of amides is 3. The van der Waals surface area contributed by atoms with Gasteiger partial charge in [-0.1, -0.05) is 67.6 Å². The van der Waals surface area contributed by atoms with E-state index in [0.29, 0.717) is 31.9 Å². The van der Waals surface area contributed by atoms with Crippen LogP contribution in [0.5, 0.6) is 5.75 Å². The normalized spacial score (nSPS) is 17.3. The molecule has 1 heterocycles. The van der Waals surface area contributed by atoms with Crippen LogP contribution in [0, 0.1) is 12.8 Å². The van der Waals surface area contributed by atoms with Crippen molar-refractivity contribution in [3.63, 3.8) is 0 Å². The standard InChI is InChI=1S/C13H20N2O4.C13H15NO.C8H10O/c16-8-14-6-12(17)15-10(13(18)11-7-19-11)5-9-3-1-2-4-9;1-3-14-13(15)12-8-10-6-4-5-7-11(10)9(12)2;1-7-3-5-8(9-2)6-4-7/h8-11H,1-7H2,(H,14,16)(H,15,17);4-7H,3,8H2,1-2H3,(H,14,15);3-6H,1-2H3. The predicted octanol–water partition coefficient (Wildman–Crippen LogP) is 3.92. The average molecular weight is 592 g/mol. The van der Waals surface area contributed by atoms with Gasteiger partial charge in [-0.25, -0.2) is 0 Å². The van der Waals surface area contributed by atoms with E-state index >= 15 is 0 Å². The SMILES string of the molecule is CCNC(=O)C1=C(C)c2ccccc2C1.COc1ccc(C)cc1.O=CNCC(=O)NC(CC1CCCC1)C(=O)C1CO1. The molecular formula is C34H45N3O6. The first-order valence-electron chi connectivity index (χ1n) is 15.1. The fraction of sp³-hybridized carbons (Fsp3) is 0.471. The number of hydrogen-bond acceptors (Lipinski definition) is 6. The summed E-state index contributed by atoms with van der Waals surface area (Å²) in [5, 5.41) is 7.86. The highest BCUT2D eigenvalue weighted by Gasteiger charge is 2.38. The zero-order valence-corrected chi connectivity index (χ0v) is 25.7. The molecule has 1 saturated carbocycles. The molecule has 0 aromatic heterocycles. The summed E-state index contributed by atoms with van der Waals surface area (Å²) in [6.07, 6.45) is 6.23. The van der Waals surface area contributed by atoms with Crippen molar-refractivity contribution in [1.82, 2.24) is 16.0 Å². The molecule has 0 spiro atoms. The largest absolute Gasteiger partial charge is 0.497 e. The van der Waals surface area contributed by atoms with Crippen LogP contribution in [0.3, 0.4) is 0 Å². The minimum absolute atomic E-state index is 0.0358. The molecule has 2 atom stereocenters. The third-order valence-corrected chi connectivity index (χ3v) is 7.83. The van der Waals surface area contributed by atoms with E-state index < -0.39 is 6.04 Å². The van der Waals surface area contributed by atoms with Gasteiger partial charge in [0.05, 0.1) is 26.3 Å². The number of allylic oxidation sites excluding steroid dienone is 1. The van der Waals surface area contributed by atoms with Crippen LogP contribution in [0.15, 0.2) is 54.1 Å². The van der Waals surface area contributed by atoms with Crippen molar-refractivity contribution < 1.29 is 28.7 Å². The van der Waals surface area contributed by atoms with Crippen LogP contribution in [0.4, 0.5) is 0 Å². The molecule has 1 saturated heterocycles. The zero-order chi connectivity index (χ0) is 31.2. The molecule has 3 N–H and O–H groups in total. The average Bonchev–Trinajstić information content (AvgIpc) is 3.64. The van der Waals surface area contributed by atoms with Gasteiger partial charge in [-0.15, -0.1) is 0 Å². The summed E-state index contributed by atoms with van der Waals surface area (Å²) in [4.78, 5) is 45.6. The second-order valence-electron chi connectivity index (χ2n) is 11.0. The molecule has 3 aliphatic rings. The molecule has 1 aliphatic heterocycles. The Bertz CT molecular complexity index is 1260. The van der Waals surface area contributed by atoms with Crippen molar-refractivity contribution in [1.29, 1.82) is 0 Å². The zero-order valence-electron chi connectivity index (χ0n) is 25.7. The number of benzene rings is 2. The monoisotopic (exact) mass is 591 g/mol. The lowest BCUT2D eigenvalue weighted by atomic mass is 9.94. The van der Waals surface area contributed by atoms with Crippen molar-refractivity contribution in [2.75, 3.05) is 26.8 Å². The van der Waals surface area contributed by atoms with Crippen LogP contribution in [0.2, 0.25) is 0 Å². The van der Waals surface area contributed by atoms with Crippen LogP contribution < -0.4 is 20.7 Å². The summed E-state index contributed by atoms with van der Waals surface area (Å²) in [5.74, 6) is 1.13. The van der Waals surface area contributed by atoms with Gasteiger partial charge in [0.2, 0.25) is 18.2 Å². The van der Waals surface area contributed by atoms with Crippen LogP contribution in [-0.4, -0.2) is 63.0 Å². The van der Waals surface area contributed by atoms with Gasteiger partial charge in [-0.05, 0) is 61.9 Å². The number of likely N-dealkylation sites (N-methyl/N-ethyl adjacent to an activating group) is 1. The van der Waals surface area contributed by atoms with Gasteiger partial charge >= 0.3 is 0 Å². The predicted molar refractivity (Wildman–Crippen MR) is 166 cm³/mol. The highest BCUT2D eigenvalue weighted by molar-refractivity contribution is 6.03. The molecule has 2 aromatic rings. The van der Waals surface area contributed by atoms with E-state index in [1.54, 1.807) is 7.11 Å². The van der Waals surface area contributed by atoms with Gasteiger partial charge in [0.25, 0.3) is 0 Å². The van der Waals surface area contributed by atoms with Crippen molar-refractivity contribution >= 4 is 29.6 Å². The van der Waals surface area contributed by atoms with Crippen molar-refractivity contribution in [2.45, 2.75) is 71.4 Å². The highest BCUT2D eigenvalue weighted by Crippen LogP contribution is 2.32. The maximum atomic E-state index is 12.1. The van der Waals surface area contributed by atoms with E-state index in [-0.39, 0.29) is 30.2 Å². The number of carbonyl (C=O) groups excluding carboxylic acids is 4. The number of Topliss-reactive ketones (excluding diaryl/α,β-unsaturated/α-hetero) is 1. The maximum Gasteiger partial charge on any atom is 0.247 e. The molecule has 0 bridgehead atoms. The third-order valence-electron chi connectivity index (χ3n) is 7.83. The van der Waals surface area contributed by atoms with E-state index in [2.05, 4.69) is 35.0 Å². The third kappa shape index (κ3) is 10.7. The first-order chi connectivity index (χ1) is 20.8. The maximum absolute atomic E-state index is 12.1. The van der Waals surface area contributed by atoms with Gasteiger partial charge in [0.1, 0.15) is 11.9 Å². The van der Waals surface area contributed by atoms with Crippen LogP contribution in [0.1, 0.15) is 62.6 Å². The molecular weight excluding hydrogens is 546 g/mol. The fourth-order valence-corrected chi connectivity index (χ4v) is 5.36. The van der Waals surface area contributed by atoms with E-state index in [4.69, 9.17) is 9.47 Å². The molecule has 2 unspecified atom stereocenters. The molecule has 2 fully saturated rings. The number of rotatable bonds is 11. The second-order valence-corrected chi connectivity index (χ2v) is 11.0. The highest BCUT2D eigenvalue weighted by atomic mass is 16.6. The quantitative estimate of drug-likeness (QED) is 0.269. The number of hydrogen-bond donors (Lipinski definition) is 3. The van der Waals surface area contributed by atoms with Gasteiger partial charge in [-0.3, -0.25) is 19.2 Å². The molecule has 9 heteroatoms. The number of methoxy groups -OCH3 is 1. The van der Waals surface area contributed by atoms with E-state index in [9.17, 15) is 19.2 Å². The van der Waals surface area contributed by atoms with Crippen molar-refractivity contribution in [2.24, 2.45) is 5.92 Å². The molecule has 0 radical (unpaired) electrons. The summed E-state index contributed by atoms with van der Waals surface area (Å²) < 4.78 is 9.97. The second kappa shape index (κ2) is 17.2. The summed E-state index contributed by atoms with van der Waals surface area (Å²) in [6, 6.07) is 15.7. The van der Waals surface area contributed by atoms with Crippen LogP contribution >= 0.6 is 0 Å². The minimum atomic E-state index is -0.475. The fourth-order valence-electron chi connectivity index (χ4n) is 5.36. The van der Waals surface area contributed by atoms with Crippen molar-refractivity contribution in [3.8, 4) is 5.75 Å². The Labute approximate surface area is 254 Å². The molecule has 5 rings (SSSR count). The Hall–Kier alpha value is -3.98. The van der Waals surface area contributed by atoms with E-state index in [1.807, 2.05) is 50.2 Å². The summed E-state index contributed by atoms with van der Waals surface area (Å²) in [7, 11) is 1.67. The number of ketones is 1. The first-order valence-corrected chi connectivity index (χ1v) is 15.1. The Morgan fingerprint density at radius 3 is 2.30 bits per heavy atom. The Kier molecular flexibility index (Phi) is 13.4. The number of aryl methyl sites for hydroxylation is 1. The molecule has 2 aromatic carbocycles. The number of carbonyl (C=O) groups is 4. The van der Waals surface area contributed by atoms with E-state index in [0.717, 1.165) is 36.2 Å². The number of epoxide rings is 1. The Morgan fingerprint density at radius 2 is 1.72 bits per heavy atom.